The van der Waals surface area contributed by atoms with Crippen LogP contribution in [0.4, 0.5) is 0 Å². The van der Waals surface area contributed by atoms with Crippen molar-refractivity contribution in [2.75, 3.05) is 31.9 Å². The van der Waals surface area contributed by atoms with Gasteiger partial charge in [0, 0.05) is 32.6 Å². The smallest absolute Gasteiger partial charge is 0.252 e. The SMILES string of the molecule is Cc1ccc(S(=O)(=O)CCC(=O)N2CCN(S(=O)(=O)c3cccs3)CC2)cc1. The van der Waals surface area contributed by atoms with Gasteiger partial charge in [-0.3, -0.25) is 4.79 Å². The van der Waals surface area contributed by atoms with Crippen molar-refractivity contribution in [3.8, 4) is 0 Å². The molecule has 0 aliphatic carbocycles. The number of sulfone groups is 1. The minimum atomic E-state index is -3.53. The highest BCUT2D eigenvalue weighted by Crippen LogP contribution is 2.22. The molecule has 28 heavy (non-hydrogen) atoms. The molecule has 1 aromatic carbocycles. The molecule has 0 unspecified atom stereocenters. The summed E-state index contributed by atoms with van der Waals surface area (Å²) in [5.74, 6) is -0.536. The molecule has 1 saturated heterocycles. The van der Waals surface area contributed by atoms with E-state index >= 15 is 0 Å². The normalized spacial score (nSPS) is 16.2. The summed E-state index contributed by atoms with van der Waals surface area (Å²) in [6.45, 7) is 2.80. The number of hydrogen-bond donors (Lipinski definition) is 0. The minimum absolute atomic E-state index is 0.117. The van der Waals surface area contributed by atoms with E-state index in [0.29, 0.717) is 0 Å². The van der Waals surface area contributed by atoms with Gasteiger partial charge in [-0.05, 0) is 30.5 Å². The van der Waals surface area contributed by atoms with Gasteiger partial charge in [0.1, 0.15) is 4.21 Å². The number of aryl methyl sites for hydroxylation is 1. The third-order valence-electron chi connectivity index (χ3n) is 4.65. The van der Waals surface area contributed by atoms with Gasteiger partial charge in [0.25, 0.3) is 10.0 Å². The second-order valence-electron chi connectivity index (χ2n) is 6.60. The molecular weight excluding hydrogens is 420 g/mol. The first kappa shape index (κ1) is 21.0. The first-order chi connectivity index (χ1) is 13.2. The van der Waals surface area contributed by atoms with Gasteiger partial charge < -0.3 is 4.90 Å². The van der Waals surface area contributed by atoms with E-state index in [-0.39, 0.29) is 53.4 Å². The fraction of sp³-hybridized carbons (Fsp3) is 0.389. The van der Waals surface area contributed by atoms with Crippen LogP contribution in [0.25, 0.3) is 0 Å². The molecule has 0 atom stereocenters. The number of thiophene rings is 1. The van der Waals surface area contributed by atoms with Crippen molar-refractivity contribution in [1.29, 1.82) is 0 Å². The zero-order valence-corrected chi connectivity index (χ0v) is 17.9. The number of nitrogens with zero attached hydrogens (tertiary/aromatic N) is 2. The summed E-state index contributed by atoms with van der Waals surface area (Å²) in [5, 5.41) is 1.71. The Balaban J connectivity index is 1.55. The molecule has 2 aromatic rings. The van der Waals surface area contributed by atoms with Crippen molar-refractivity contribution in [2.24, 2.45) is 0 Å². The average molecular weight is 443 g/mol. The van der Waals surface area contributed by atoms with Crippen molar-refractivity contribution in [2.45, 2.75) is 22.4 Å². The van der Waals surface area contributed by atoms with Gasteiger partial charge in [0.2, 0.25) is 5.91 Å². The molecule has 0 bridgehead atoms. The molecule has 152 valence electrons. The summed E-state index contributed by atoms with van der Waals surface area (Å²) in [4.78, 5) is 14.1. The summed E-state index contributed by atoms with van der Waals surface area (Å²) in [7, 11) is -7.05. The van der Waals surface area contributed by atoms with E-state index in [1.165, 1.54) is 9.21 Å². The monoisotopic (exact) mass is 442 g/mol. The Labute approximate surface area is 169 Å². The van der Waals surface area contributed by atoms with Crippen molar-refractivity contribution in [1.82, 2.24) is 9.21 Å². The Morgan fingerprint density at radius 3 is 2.21 bits per heavy atom. The fourth-order valence-electron chi connectivity index (χ4n) is 2.96. The van der Waals surface area contributed by atoms with Crippen molar-refractivity contribution < 1.29 is 21.6 Å². The highest BCUT2D eigenvalue weighted by atomic mass is 32.2. The minimum Gasteiger partial charge on any atom is -0.340 e. The van der Waals surface area contributed by atoms with Gasteiger partial charge in [-0.25, -0.2) is 16.8 Å². The van der Waals surface area contributed by atoms with E-state index in [0.717, 1.165) is 16.9 Å². The molecule has 0 saturated carbocycles. The number of hydrogen-bond acceptors (Lipinski definition) is 6. The zero-order chi connectivity index (χ0) is 20.4. The molecular formula is C18H22N2O5S3. The summed E-state index contributed by atoms with van der Waals surface area (Å²) in [5.41, 5.74) is 0.963. The van der Waals surface area contributed by atoms with Gasteiger partial charge >= 0.3 is 0 Å². The van der Waals surface area contributed by atoms with Crippen LogP contribution in [-0.4, -0.2) is 63.9 Å². The van der Waals surface area contributed by atoms with E-state index in [4.69, 9.17) is 0 Å². The van der Waals surface area contributed by atoms with Crippen LogP contribution >= 0.6 is 11.3 Å². The number of carbonyl (C=O) groups excluding carboxylic acids is 1. The van der Waals surface area contributed by atoms with Gasteiger partial charge in [-0.2, -0.15) is 4.31 Å². The lowest BCUT2D eigenvalue weighted by atomic mass is 10.2. The molecule has 10 heteroatoms. The Bertz CT molecular complexity index is 1020. The van der Waals surface area contributed by atoms with Gasteiger partial charge in [0.05, 0.1) is 10.6 Å². The maximum Gasteiger partial charge on any atom is 0.252 e. The predicted molar refractivity (Wildman–Crippen MR) is 108 cm³/mol. The lowest BCUT2D eigenvalue weighted by molar-refractivity contribution is -0.131. The van der Waals surface area contributed by atoms with Crippen LogP contribution in [0.5, 0.6) is 0 Å². The lowest BCUT2D eigenvalue weighted by Crippen LogP contribution is -2.50. The van der Waals surface area contributed by atoms with Gasteiger partial charge in [0.15, 0.2) is 9.84 Å². The molecule has 7 nitrogen and oxygen atoms in total. The standard InChI is InChI=1S/C18H22N2O5S3/c1-15-4-6-16(7-5-15)27(22,23)14-8-17(21)19-9-11-20(12-10-19)28(24,25)18-3-2-13-26-18/h2-7,13H,8-12,14H2,1H3. The number of amides is 1. The maximum atomic E-state index is 12.5. The van der Waals surface area contributed by atoms with E-state index in [9.17, 15) is 21.6 Å². The average Bonchev–Trinajstić information content (AvgIpc) is 3.22. The topological polar surface area (TPSA) is 91.8 Å². The fourth-order valence-corrected chi connectivity index (χ4v) is 6.76. The summed E-state index contributed by atoms with van der Waals surface area (Å²) >= 11 is 1.16. The van der Waals surface area contributed by atoms with E-state index in [1.54, 1.807) is 41.8 Å². The maximum absolute atomic E-state index is 12.5. The highest BCUT2D eigenvalue weighted by molar-refractivity contribution is 7.91. The Hall–Kier alpha value is -1.75. The summed E-state index contributed by atoms with van der Waals surface area (Å²) < 4.78 is 51.5. The number of rotatable bonds is 6. The summed E-state index contributed by atoms with van der Waals surface area (Å²) in [6.07, 6.45) is -0.117. The van der Waals surface area contributed by atoms with E-state index < -0.39 is 19.9 Å². The molecule has 0 N–H and O–H groups in total. The predicted octanol–water partition coefficient (Wildman–Crippen LogP) is 1.75. The van der Waals surface area contributed by atoms with Gasteiger partial charge in [-0.1, -0.05) is 23.8 Å². The van der Waals surface area contributed by atoms with Gasteiger partial charge in [-0.15, -0.1) is 11.3 Å². The quantitative estimate of drug-likeness (QED) is 0.680. The lowest BCUT2D eigenvalue weighted by Gasteiger charge is -2.33. The summed E-state index contributed by atoms with van der Waals surface area (Å²) in [6, 6.07) is 9.79. The second kappa shape index (κ2) is 8.32. The molecule has 1 fully saturated rings. The third-order valence-corrected chi connectivity index (χ3v) is 9.65. The number of carbonyl (C=O) groups is 1. The molecule has 1 aliphatic heterocycles. The molecule has 1 aliphatic rings. The van der Waals surface area contributed by atoms with Crippen molar-refractivity contribution >= 4 is 37.1 Å². The third kappa shape index (κ3) is 4.62. The number of sulfonamides is 1. The van der Waals surface area contributed by atoms with Crippen molar-refractivity contribution in [3.63, 3.8) is 0 Å². The van der Waals surface area contributed by atoms with Crippen LogP contribution in [0.15, 0.2) is 50.9 Å². The number of benzene rings is 1. The first-order valence-electron chi connectivity index (χ1n) is 8.81. The second-order valence-corrected chi connectivity index (χ2v) is 11.8. The van der Waals surface area contributed by atoms with Crippen LogP contribution in [0.3, 0.4) is 0 Å². The van der Waals surface area contributed by atoms with Crippen molar-refractivity contribution in [3.05, 3.63) is 47.3 Å². The van der Waals surface area contributed by atoms with E-state index in [2.05, 4.69) is 0 Å². The highest BCUT2D eigenvalue weighted by Gasteiger charge is 2.31. The van der Waals surface area contributed by atoms with Crippen LogP contribution < -0.4 is 0 Å². The Morgan fingerprint density at radius 2 is 1.64 bits per heavy atom. The Kier molecular flexibility index (Phi) is 6.23. The largest absolute Gasteiger partial charge is 0.340 e. The molecule has 1 aromatic heterocycles. The van der Waals surface area contributed by atoms with E-state index in [1.807, 2.05) is 6.92 Å². The molecule has 0 radical (unpaired) electrons. The Morgan fingerprint density at radius 1 is 1.00 bits per heavy atom. The van der Waals surface area contributed by atoms with Crippen LogP contribution in [-0.2, 0) is 24.7 Å². The van der Waals surface area contributed by atoms with Crippen LogP contribution in [0.2, 0.25) is 0 Å². The molecule has 3 rings (SSSR count). The first-order valence-corrected chi connectivity index (χ1v) is 12.8. The number of piperazine rings is 1. The molecule has 1 amide bonds. The molecule has 2 heterocycles. The van der Waals surface area contributed by atoms with Crippen LogP contribution in [0, 0.1) is 6.92 Å². The van der Waals surface area contributed by atoms with Crippen LogP contribution in [0.1, 0.15) is 12.0 Å². The zero-order valence-electron chi connectivity index (χ0n) is 15.4. The molecule has 0 spiro atoms.